The molecule has 146 valence electrons. The Bertz CT molecular complexity index is 799. The molecule has 3 rings (SSSR count). The van der Waals surface area contributed by atoms with Crippen molar-refractivity contribution in [2.75, 3.05) is 20.8 Å². The zero-order valence-electron chi connectivity index (χ0n) is 15.5. The number of aliphatic hydroxyl groups is 1. The van der Waals surface area contributed by atoms with Gasteiger partial charge in [0, 0.05) is 31.3 Å². The Kier molecular flexibility index (Phi) is 6.34. The van der Waals surface area contributed by atoms with Gasteiger partial charge in [0.15, 0.2) is 0 Å². The molecule has 0 saturated heterocycles. The standard InChI is InChI=1S/C20H24BrFN2O3/c1-26-15-5-4-14(18(10-15)27-2)11-24(13-20(25)8-3-9-20)12-17-16(22)6-7-19(21)23-17/h4-7,10,25H,3,8-9,11-13H2,1-2H3. The van der Waals surface area contributed by atoms with Gasteiger partial charge >= 0.3 is 0 Å². The number of hydrogen-bond donors (Lipinski definition) is 1. The summed E-state index contributed by atoms with van der Waals surface area (Å²) in [7, 11) is 3.21. The smallest absolute Gasteiger partial charge is 0.146 e. The van der Waals surface area contributed by atoms with Crippen molar-refractivity contribution in [3.8, 4) is 11.5 Å². The second-order valence-electron chi connectivity index (χ2n) is 6.96. The van der Waals surface area contributed by atoms with E-state index in [0.717, 1.165) is 24.8 Å². The molecule has 1 saturated carbocycles. The molecule has 0 spiro atoms. The Balaban J connectivity index is 1.84. The number of benzene rings is 1. The molecule has 0 bridgehead atoms. The first-order valence-electron chi connectivity index (χ1n) is 8.89. The maximum absolute atomic E-state index is 14.2. The molecular weight excluding hydrogens is 415 g/mol. The van der Waals surface area contributed by atoms with Crippen molar-refractivity contribution >= 4 is 15.9 Å². The number of ether oxygens (including phenoxy) is 2. The number of nitrogens with zero attached hydrogens (tertiary/aromatic N) is 2. The van der Waals surface area contributed by atoms with Crippen LogP contribution < -0.4 is 9.47 Å². The fourth-order valence-corrected chi connectivity index (χ4v) is 3.68. The van der Waals surface area contributed by atoms with Crippen molar-refractivity contribution in [1.29, 1.82) is 0 Å². The van der Waals surface area contributed by atoms with E-state index in [-0.39, 0.29) is 5.82 Å². The van der Waals surface area contributed by atoms with Gasteiger partial charge in [-0.25, -0.2) is 9.37 Å². The summed E-state index contributed by atoms with van der Waals surface area (Å²) < 4.78 is 25.6. The minimum Gasteiger partial charge on any atom is -0.497 e. The van der Waals surface area contributed by atoms with Crippen molar-refractivity contribution < 1.29 is 19.0 Å². The highest BCUT2D eigenvalue weighted by atomic mass is 79.9. The molecule has 1 aliphatic carbocycles. The van der Waals surface area contributed by atoms with Gasteiger partial charge in [-0.3, -0.25) is 4.90 Å². The highest BCUT2D eigenvalue weighted by Gasteiger charge is 2.36. The van der Waals surface area contributed by atoms with E-state index in [1.807, 2.05) is 23.1 Å². The van der Waals surface area contributed by atoms with E-state index >= 15 is 0 Å². The van der Waals surface area contributed by atoms with E-state index in [1.54, 1.807) is 20.3 Å². The van der Waals surface area contributed by atoms with Crippen LogP contribution in [0.4, 0.5) is 4.39 Å². The van der Waals surface area contributed by atoms with E-state index in [0.29, 0.717) is 41.4 Å². The largest absolute Gasteiger partial charge is 0.497 e. The Morgan fingerprint density at radius 2 is 1.96 bits per heavy atom. The summed E-state index contributed by atoms with van der Waals surface area (Å²) >= 11 is 3.30. The van der Waals surface area contributed by atoms with Crippen LogP contribution in [0.5, 0.6) is 11.5 Å². The van der Waals surface area contributed by atoms with Crippen molar-refractivity contribution in [2.24, 2.45) is 0 Å². The van der Waals surface area contributed by atoms with Crippen LogP contribution in [0, 0.1) is 5.82 Å². The zero-order chi connectivity index (χ0) is 19.4. The van der Waals surface area contributed by atoms with E-state index in [9.17, 15) is 9.50 Å². The summed E-state index contributed by atoms with van der Waals surface area (Å²) in [5, 5.41) is 10.7. The molecule has 7 heteroatoms. The van der Waals surface area contributed by atoms with Crippen molar-refractivity contribution in [1.82, 2.24) is 9.88 Å². The number of methoxy groups -OCH3 is 2. The average Bonchev–Trinajstić information content (AvgIpc) is 2.63. The predicted octanol–water partition coefficient (Wildman–Crippen LogP) is 3.92. The molecule has 1 aromatic heterocycles. The molecule has 1 fully saturated rings. The van der Waals surface area contributed by atoms with Crippen LogP contribution in [0.3, 0.4) is 0 Å². The lowest BCUT2D eigenvalue weighted by atomic mass is 9.80. The zero-order valence-corrected chi connectivity index (χ0v) is 17.1. The Morgan fingerprint density at radius 3 is 2.59 bits per heavy atom. The lowest BCUT2D eigenvalue weighted by molar-refractivity contribution is -0.0625. The molecule has 1 aromatic carbocycles. The summed E-state index contributed by atoms with van der Waals surface area (Å²) in [5.41, 5.74) is 0.568. The first-order chi connectivity index (χ1) is 12.9. The quantitative estimate of drug-likeness (QED) is 0.632. The lowest BCUT2D eigenvalue weighted by Gasteiger charge is -2.40. The predicted molar refractivity (Wildman–Crippen MR) is 104 cm³/mol. The van der Waals surface area contributed by atoms with E-state index in [4.69, 9.17) is 9.47 Å². The SMILES string of the molecule is COc1ccc(CN(Cc2nc(Br)ccc2F)CC2(O)CCC2)c(OC)c1. The highest BCUT2D eigenvalue weighted by molar-refractivity contribution is 9.10. The summed E-state index contributed by atoms with van der Waals surface area (Å²) in [6, 6.07) is 8.60. The fourth-order valence-electron chi connectivity index (χ4n) is 3.33. The number of halogens is 2. The van der Waals surface area contributed by atoms with E-state index in [1.165, 1.54) is 6.07 Å². The van der Waals surface area contributed by atoms with E-state index < -0.39 is 5.60 Å². The third kappa shape index (κ3) is 4.97. The maximum Gasteiger partial charge on any atom is 0.146 e. The van der Waals surface area contributed by atoms with Crippen LogP contribution >= 0.6 is 15.9 Å². The monoisotopic (exact) mass is 438 g/mol. The minimum atomic E-state index is -0.720. The molecule has 1 N–H and O–H groups in total. The third-order valence-corrected chi connectivity index (χ3v) is 5.39. The highest BCUT2D eigenvalue weighted by Crippen LogP contribution is 2.34. The van der Waals surface area contributed by atoms with Gasteiger partial charge in [0.05, 0.1) is 25.5 Å². The summed E-state index contributed by atoms with van der Waals surface area (Å²) in [5.74, 6) is 1.05. The van der Waals surface area contributed by atoms with Gasteiger partial charge in [-0.05, 0) is 53.4 Å². The van der Waals surface area contributed by atoms with Crippen LogP contribution in [0.1, 0.15) is 30.5 Å². The topological polar surface area (TPSA) is 54.8 Å². The molecule has 5 nitrogen and oxygen atoms in total. The molecule has 27 heavy (non-hydrogen) atoms. The van der Waals surface area contributed by atoms with Crippen LogP contribution in [0.15, 0.2) is 34.9 Å². The Morgan fingerprint density at radius 1 is 1.19 bits per heavy atom. The number of hydrogen-bond acceptors (Lipinski definition) is 5. The van der Waals surface area contributed by atoms with Crippen molar-refractivity contribution in [3.05, 3.63) is 52.0 Å². The number of aromatic nitrogens is 1. The summed E-state index contributed by atoms with van der Waals surface area (Å²) in [6.45, 7) is 1.25. The number of rotatable bonds is 8. The second-order valence-corrected chi connectivity index (χ2v) is 7.78. The first kappa shape index (κ1) is 20.0. The van der Waals surface area contributed by atoms with Crippen LogP contribution in [0.2, 0.25) is 0 Å². The van der Waals surface area contributed by atoms with Crippen molar-refractivity contribution in [2.45, 2.75) is 38.0 Å². The molecule has 0 atom stereocenters. The van der Waals surface area contributed by atoms with Crippen LogP contribution in [-0.2, 0) is 13.1 Å². The normalized spacial score (nSPS) is 15.5. The molecule has 0 aliphatic heterocycles. The van der Waals surface area contributed by atoms with Gasteiger partial charge in [-0.15, -0.1) is 0 Å². The first-order valence-corrected chi connectivity index (χ1v) is 9.68. The summed E-state index contributed by atoms with van der Waals surface area (Å²) in [6.07, 6.45) is 2.54. The Hall–Kier alpha value is -1.70. The average molecular weight is 439 g/mol. The molecule has 0 amide bonds. The van der Waals surface area contributed by atoms with Gasteiger partial charge in [-0.1, -0.05) is 6.07 Å². The minimum absolute atomic E-state index is 0.294. The molecule has 0 unspecified atom stereocenters. The third-order valence-electron chi connectivity index (χ3n) is 4.95. The molecular formula is C20H24BrFN2O3. The van der Waals surface area contributed by atoms with Gasteiger partial charge in [0.2, 0.25) is 0 Å². The second kappa shape index (κ2) is 8.54. The van der Waals surface area contributed by atoms with Gasteiger partial charge in [0.1, 0.15) is 21.9 Å². The van der Waals surface area contributed by atoms with Crippen LogP contribution in [0.25, 0.3) is 0 Å². The fraction of sp³-hybridized carbons (Fsp3) is 0.450. The molecule has 2 aromatic rings. The molecule has 1 aliphatic rings. The van der Waals surface area contributed by atoms with Gasteiger partial charge in [-0.2, -0.15) is 0 Å². The Labute approximate surface area is 167 Å². The lowest BCUT2D eigenvalue weighted by Crippen LogP contribution is -2.47. The van der Waals surface area contributed by atoms with Crippen molar-refractivity contribution in [3.63, 3.8) is 0 Å². The van der Waals surface area contributed by atoms with Crippen LogP contribution in [-0.4, -0.2) is 41.4 Å². The molecule has 0 radical (unpaired) electrons. The summed E-state index contributed by atoms with van der Waals surface area (Å²) in [4.78, 5) is 6.28. The van der Waals surface area contributed by atoms with E-state index in [2.05, 4.69) is 20.9 Å². The van der Waals surface area contributed by atoms with Gasteiger partial charge in [0.25, 0.3) is 0 Å². The number of pyridine rings is 1. The maximum atomic E-state index is 14.2. The molecule has 1 heterocycles. The van der Waals surface area contributed by atoms with Gasteiger partial charge < -0.3 is 14.6 Å².